The van der Waals surface area contributed by atoms with Crippen molar-refractivity contribution in [1.29, 1.82) is 0 Å². The van der Waals surface area contributed by atoms with Crippen LogP contribution in [0.5, 0.6) is 11.5 Å². The van der Waals surface area contributed by atoms with Gasteiger partial charge in [-0.1, -0.05) is 57.2 Å². The van der Waals surface area contributed by atoms with Gasteiger partial charge in [0, 0.05) is 12.0 Å². The highest BCUT2D eigenvalue weighted by Crippen LogP contribution is 2.29. The monoisotopic (exact) mass is 435 g/mol. The van der Waals surface area contributed by atoms with E-state index in [-0.39, 0.29) is 17.5 Å². The Balaban J connectivity index is 1.69. The lowest BCUT2D eigenvalue weighted by atomic mass is 9.95. The second-order valence-corrected chi connectivity index (χ2v) is 8.57. The van der Waals surface area contributed by atoms with Crippen LogP contribution in [0.25, 0.3) is 0 Å². The summed E-state index contributed by atoms with van der Waals surface area (Å²) in [5.41, 5.74) is 1.53. The van der Waals surface area contributed by atoms with Gasteiger partial charge in [0.15, 0.2) is 11.5 Å². The Kier molecular flexibility index (Phi) is 6.98. The molecular weight excluding hydrogens is 406 g/mol. The van der Waals surface area contributed by atoms with Crippen LogP contribution >= 0.6 is 0 Å². The van der Waals surface area contributed by atoms with E-state index in [1.54, 1.807) is 26.2 Å². The van der Waals surface area contributed by atoms with Crippen molar-refractivity contribution in [3.63, 3.8) is 0 Å². The average molecular weight is 436 g/mol. The van der Waals surface area contributed by atoms with Crippen LogP contribution in [0, 0.1) is 6.92 Å². The molecular formula is C25H29N3O4. The van der Waals surface area contributed by atoms with E-state index in [0.29, 0.717) is 29.6 Å². The van der Waals surface area contributed by atoms with Crippen LogP contribution in [-0.2, 0) is 18.6 Å². The largest absolute Gasteiger partial charge is 0.493 e. The van der Waals surface area contributed by atoms with Gasteiger partial charge in [-0.2, -0.15) is 0 Å². The second-order valence-electron chi connectivity index (χ2n) is 8.57. The predicted octanol–water partition coefficient (Wildman–Crippen LogP) is 3.89. The van der Waals surface area contributed by atoms with Crippen LogP contribution in [0.3, 0.4) is 0 Å². The molecule has 32 heavy (non-hydrogen) atoms. The van der Waals surface area contributed by atoms with E-state index >= 15 is 0 Å². The van der Waals surface area contributed by atoms with E-state index < -0.39 is 11.5 Å². The van der Waals surface area contributed by atoms with Crippen LogP contribution in [0.1, 0.15) is 53.8 Å². The Hall–Kier alpha value is -3.61. The van der Waals surface area contributed by atoms with Crippen molar-refractivity contribution in [2.75, 3.05) is 7.11 Å². The number of aromatic amines is 1. The summed E-state index contributed by atoms with van der Waals surface area (Å²) in [7, 11) is 1.57. The van der Waals surface area contributed by atoms with Gasteiger partial charge in [0.2, 0.25) is 0 Å². The third-order valence-electron chi connectivity index (χ3n) is 4.96. The number of aryl methyl sites for hydroxylation is 1. The molecule has 2 aromatic carbocycles. The van der Waals surface area contributed by atoms with E-state index in [9.17, 15) is 9.59 Å². The standard InChI is InChI=1S/C25H29N3O4/c1-16-21(23(30)28-24(27-16)25(2,3)4)22(29)26-14-18-11-12-19(20(13-18)31-5)32-15-17-9-7-6-8-10-17/h6-13H,14-15H2,1-5H3,(H,26,29)(H,27,28,30). The summed E-state index contributed by atoms with van der Waals surface area (Å²) in [5, 5.41) is 2.79. The van der Waals surface area contributed by atoms with E-state index in [0.717, 1.165) is 11.1 Å². The van der Waals surface area contributed by atoms with Gasteiger partial charge in [0.25, 0.3) is 11.5 Å². The zero-order valence-electron chi connectivity index (χ0n) is 19.1. The van der Waals surface area contributed by atoms with Crippen molar-refractivity contribution in [2.24, 2.45) is 0 Å². The van der Waals surface area contributed by atoms with E-state index in [2.05, 4.69) is 15.3 Å². The number of ether oxygens (including phenoxy) is 2. The first kappa shape index (κ1) is 23.1. The minimum Gasteiger partial charge on any atom is -0.493 e. The summed E-state index contributed by atoms with van der Waals surface area (Å²) in [5.74, 6) is 1.26. The molecule has 0 radical (unpaired) electrons. The van der Waals surface area contributed by atoms with Crippen molar-refractivity contribution in [3.05, 3.63) is 87.1 Å². The van der Waals surface area contributed by atoms with Crippen molar-refractivity contribution in [2.45, 2.75) is 46.3 Å². The highest BCUT2D eigenvalue weighted by Gasteiger charge is 2.22. The van der Waals surface area contributed by atoms with Gasteiger partial charge in [-0.05, 0) is 30.2 Å². The molecule has 1 amide bonds. The Morgan fingerprint density at radius 1 is 1.06 bits per heavy atom. The molecule has 0 bridgehead atoms. The summed E-state index contributed by atoms with van der Waals surface area (Å²) in [4.78, 5) is 32.3. The van der Waals surface area contributed by atoms with Gasteiger partial charge in [-0.25, -0.2) is 4.98 Å². The van der Waals surface area contributed by atoms with Crippen molar-refractivity contribution < 1.29 is 14.3 Å². The van der Waals surface area contributed by atoms with E-state index in [1.165, 1.54) is 0 Å². The predicted molar refractivity (Wildman–Crippen MR) is 123 cm³/mol. The fourth-order valence-electron chi connectivity index (χ4n) is 3.16. The molecule has 0 fully saturated rings. The number of nitrogens with one attached hydrogen (secondary N) is 2. The van der Waals surface area contributed by atoms with E-state index in [4.69, 9.17) is 9.47 Å². The van der Waals surface area contributed by atoms with Gasteiger partial charge < -0.3 is 19.8 Å². The highest BCUT2D eigenvalue weighted by molar-refractivity contribution is 5.94. The van der Waals surface area contributed by atoms with Gasteiger partial charge in [-0.15, -0.1) is 0 Å². The molecule has 0 saturated carbocycles. The zero-order chi connectivity index (χ0) is 23.3. The number of carbonyl (C=O) groups excluding carboxylic acids is 1. The van der Waals surface area contributed by atoms with Gasteiger partial charge in [-0.3, -0.25) is 9.59 Å². The maximum Gasteiger partial charge on any atom is 0.264 e. The molecule has 3 rings (SSSR count). The minimum absolute atomic E-state index is 0.0211. The summed E-state index contributed by atoms with van der Waals surface area (Å²) in [6.07, 6.45) is 0. The lowest BCUT2D eigenvalue weighted by Gasteiger charge is -2.18. The molecule has 7 nitrogen and oxygen atoms in total. The van der Waals surface area contributed by atoms with Crippen LogP contribution in [0.2, 0.25) is 0 Å². The highest BCUT2D eigenvalue weighted by atomic mass is 16.5. The smallest absolute Gasteiger partial charge is 0.264 e. The number of H-pyrrole nitrogens is 1. The van der Waals surface area contributed by atoms with Crippen LogP contribution in [-0.4, -0.2) is 23.0 Å². The number of methoxy groups -OCH3 is 1. The molecule has 0 saturated heterocycles. The molecule has 0 aliphatic carbocycles. The number of hydrogen-bond donors (Lipinski definition) is 2. The molecule has 1 aromatic heterocycles. The number of benzene rings is 2. The van der Waals surface area contributed by atoms with Crippen LogP contribution < -0.4 is 20.3 Å². The van der Waals surface area contributed by atoms with Gasteiger partial charge in [0.1, 0.15) is 18.0 Å². The number of carbonyl (C=O) groups is 1. The first-order valence-electron chi connectivity index (χ1n) is 10.4. The minimum atomic E-state index is -0.472. The molecule has 1 heterocycles. The fourth-order valence-corrected chi connectivity index (χ4v) is 3.16. The average Bonchev–Trinajstić information content (AvgIpc) is 2.76. The summed E-state index contributed by atoms with van der Waals surface area (Å²) >= 11 is 0. The van der Waals surface area contributed by atoms with Gasteiger partial charge in [0.05, 0.1) is 12.8 Å². The lowest BCUT2D eigenvalue weighted by molar-refractivity contribution is 0.0948. The summed E-state index contributed by atoms with van der Waals surface area (Å²) in [6, 6.07) is 15.3. The maximum atomic E-state index is 12.7. The molecule has 168 valence electrons. The Bertz CT molecular complexity index is 1150. The molecule has 2 N–H and O–H groups in total. The summed E-state index contributed by atoms with van der Waals surface area (Å²) in [6.45, 7) is 8.17. The number of amides is 1. The number of aromatic nitrogens is 2. The molecule has 0 aliphatic heterocycles. The van der Waals surface area contributed by atoms with Crippen LogP contribution in [0.4, 0.5) is 0 Å². The third-order valence-corrected chi connectivity index (χ3v) is 4.96. The zero-order valence-corrected chi connectivity index (χ0v) is 19.1. The first-order valence-corrected chi connectivity index (χ1v) is 10.4. The molecule has 0 aliphatic rings. The lowest BCUT2D eigenvalue weighted by Crippen LogP contribution is -2.33. The van der Waals surface area contributed by atoms with E-state index in [1.807, 2.05) is 57.2 Å². The van der Waals surface area contributed by atoms with Crippen molar-refractivity contribution >= 4 is 5.91 Å². The number of nitrogens with zero attached hydrogens (tertiary/aromatic N) is 1. The molecule has 0 atom stereocenters. The summed E-state index contributed by atoms with van der Waals surface area (Å²) < 4.78 is 11.3. The Labute approximate surface area is 187 Å². The normalized spacial score (nSPS) is 11.2. The quantitative estimate of drug-likeness (QED) is 0.587. The molecule has 3 aromatic rings. The SMILES string of the molecule is COc1cc(CNC(=O)c2c(C)nc(C(C)(C)C)[nH]c2=O)ccc1OCc1ccccc1. The Morgan fingerprint density at radius 3 is 2.41 bits per heavy atom. The number of hydrogen-bond acceptors (Lipinski definition) is 5. The fraction of sp³-hybridized carbons (Fsp3) is 0.320. The second kappa shape index (κ2) is 9.68. The van der Waals surface area contributed by atoms with Crippen molar-refractivity contribution in [3.8, 4) is 11.5 Å². The van der Waals surface area contributed by atoms with Gasteiger partial charge >= 0.3 is 0 Å². The third kappa shape index (κ3) is 5.55. The molecule has 7 heteroatoms. The Morgan fingerprint density at radius 2 is 1.78 bits per heavy atom. The molecule has 0 spiro atoms. The topological polar surface area (TPSA) is 93.3 Å². The first-order chi connectivity index (χ1) is 15.2. The molecule has 0 unspecified atom stereocenters. The van der Waals surface area contributed by atoms with Crippen LogP contribution in [0.15, 0.2) is 53.3 Å². The number of rotatable bonds is 7. The van der Waals surface area contributed by atoms with Crippen molar-refractivity contribution in [1.82, 2.24) is 15.3 Å². The maximum absolute atomic E-state index is 12.7.